The zero-order chi connectivity index (χ0) is 14.7. The summed E-state index contributed by atoms with van der Waals surface area (Å²) in [5.74, 6) is 0.805. The van der Waals surface area contributed by atoms with Crippen molar-refractivity contribution < 1.29 is 4.74 Å². The predicted molar refractivity (Wildman–Crippen MR) is 88.4 cm³/mol. The Kier molecular flexibility index (Phi) is 3.79. The minimum atomic E-state index is 0.406. The normalized spacial score (nSPS) is 10.5. The molecule has 0 saturated heterocycles. The summed E-state index contributed by atoms with van der Waals surface area (Å²) < 4.78 is 5.80. The van der Waals surface area contributed by atoms with Crippen LogP contribution in [0.2, 0.25) is 0 Å². The van der Waals surface area contributed by atoms with Crippen molar-refractivity contribution in [3.05, 3.63) is 71.9 Å². The molecule has 2 aromatic carbocycles. The highest BCUT2D eigenvalue weighted by atomic mass is 32.1. The number of rotatable bonds is 4. The van der Waals surface area contributed by atoms with Gasteiger partial charge >= 0.3 is 0 Å². The molecule has 104 valence electrons. The van der Waals surface area contributed by atoms with Crippen LogP contribution in [0.3, 0.4) is 0 Å². The topological polar surface area (TPSA) is 48.1 Å². The molecule has 0 amide bonds. The lowest BCUT2D eigenvalue weighted by atomic mass is 10.1. The van der Waals surface area contributed by atoms with Crippen LogP contribution in [0.25, 0.3) is 10.9 Å². The number of pyridine rings is 1. The first-order valence-corrected chi connectivity index (χ1v) is 6.99. The maximum absolute atomic E-state index is 5.80. The number of ether oxygens (including phenoxy) is 1. The van der Waals surface area contributed by atoms with Crippen LogP contribution in [-0.2, 0) is 6.61 Å². The van der Waals surface area contributed by atoms with Gasteiger partial charge in [-0.1, -0.05) is 42.5 Å². The van der Waals surface area contributed by atoms with Crippen LogP contribution in [0.15, 0.2) is 60.8 Å². The van der Waals surface area contributed by atoms with E-state index in [2.05, 4.69) is 4.98 Å². The number of fused-ring (bicyclic) bond motifs is 1. The zero-order valence-corrected chi connectivity index (χ0v) is 12.1. The maximum Gasteiger partial charge on any atom is 0.122 e. The highest BCUT2D eigenvalue weighted by Gasteiger charge is 2.00. The van der Waals surface area contributed by atoms with Crippen LogP contribution in [0.5, 0.6) is 5.75 Å². The Morgan fingerprint density at radius 1 is 1.10 bits per heavy atom. The summed E-state index contributed by atoms with van der Waals surface area (Å²) in [6.45, 7) is 0.496. The van der Waals surface area contributed by atoms with Gasteiger partial charge in [-0.15, -0.1) is 0 Å². The summed E-state index contributed by atoms with van der Waals surface area (Å²) >= 11 is 4.93. The number of nitrogens with zero attached hydrogens (tertiary/aromatic N) is 1. The molecule has 3 aromatic rings. The van der Waals surface area contributed by atoms with Gasteiger partial charge in [-0.05, 0) is 23.8 Å². The van der Waals surface area contributed by atoms with Crippen LogP contribution < -0.4 is 10.5 Å². The predicted octanol–water partition coefficient (Wildman–Crippen LogP) is 3.45. The Balaban J connectivity index is 1.72. The first kappa shape index (κ1) is 13.5. The summed E-state index contributed by atoms with van der Waals surface area (Å²) in [7, 11) is 0. The van der Waals surface area contributed by atoms with Gasteiger partial charge in [0.05, 0.1) is 5.52 Å². The fourth-order valence-electron chi connectivity index (χ4n) is 2.07. The minimum Gasteiger partial charge on any atom is -0.489 e. The highest BCUT2D eigenvalue weighted by molar-refractivity contribution is 7.80. The molecule has 0 spiro atoms. The molecule has 0 aliphatic rings. The van der Waals surface area contributed by atoms with E-state index in [1.807, 2.05) is 54.6 Å². The highest BCUT2D eigenvalue weighted by Crippen LogP contribution is 2.19. The number of hydrogen-bond donors (Lipinski definition) is 1. The van der Waals surface area contributed by atoms with Crippen LogP contribution >= 0.6 is 12.2 Å². The Morgan fingerprint density at radius 3 is 2.67 bits per heavy atom. The average molecular weight is 294 g/mol. The molecule has 0 aliphatic heterocycles. The van der Waals surface area contributed by atoms with Crippen LogP contribution in [0, 0.1) is 0 Å². The van der Waals surface area contributed by atoms with Gasteiger partial charge in [0.15, 0.2) is 0 Å². The molecular formula is C17H14N2OS. The van der Waals surface area contributed by atoms with Crippen LogP contribution in [-0.4, -0.2) is 9.97 Å². The molecule has 1 aromatic heterocycles. The minimum absolute atomic E-state index is 0.406. The summed E-state index contributed by atoms with van der Waals surface area (Å²) in [5, 5.41) is 1.10. The number of benzene rings is 2. The van der Waals surface area contributed by atoms with Crippen molar-refractivity contribution in [1.29, 1.82) is 0 Å². The van der Waals surface area contributed by atoms with Gasteiger partial charge in [-0.25, -0.2) is 0 Å². The molecular weight excluding hydrogens is 280 g/mol. The van der Waals surface area contributed by atoms with E-state index >= 15 is 0 Å². The SMILES string of the molecule is NC(=S)c1ccc(COc2ccc3cccnc3c2)cc1. The summed E-state index contributed by atoms with van der Waals surface area (Å²) in [5.41, 5.74) is 8.43. The van der Waals surface area contributed by atoms with Crippen molar-refractivity contribution in [1.82, 2.24) is 4.98 Å². The summed E-state index contributed by atoms with van der Waals surface area (Å²) in [4.78, 5) is 4.73. The fraction of sp³-hybridized carbons (Fsp3) is 0.0588. The smallest absolute Gasteiger partial charge is 0.122 e. The second-order valence-electron chi connectivity index (χ2n) is 4.71. The molecule has 0 bridgehead atoms. The molecule has 0 saturated carbocycles. The molecule has 0 unspecified atom stereocenters. The summed E-state index contributed by atoms with van der Waals surface area (Å²) in [6, 6.07) is 17.6. The van der Waals surface area contributed by atoms with E-state index in [0.29, 0.717) is 11.6 Å². The third kappa shape index (κ3) is 3.17. The number of thiocarbonyl (C=S) groups is 1. The first-order valence-electron chi connectivity index (χ1n) is 6.59. The largest absolute Gasteiger partial charge is 0.489 e. The zero-order valence-electron chi connectivity index (χ0n) is 11.3. The lowest BCUT2D eigenvalue weighted by Gasteiger charge is -2.08. The fourth-order valence-corrected chi connectivity index (χ4v) is 2.20. The summed E-state index contributed by atoms with van der Waals surface area (Å²) in [6.07, 6.45) is 1.78. The van der Waals surface area contributed by atoms with Gasteiger partial charge in [-0.2, -0.15) is 0 Å². The van der Waals surface area contributed by atoms with Gasteiger partial charge in [0.1, 0.15) is 17.3 Å². The lowest BCUT2D eigenvalue weighted by Crippen LogP contribution is -2.09. The van der Waals surface area contributed by atoms with Gasteiger partial charge in [-0.3, -0.25) is 4.98 Å². The molecule has 3 nitrogen and oxygen atoms in total. The van der Waals surface area contributed by atoms with Gasteiger partial charge in [0, 0.05) is 23.2 Å². The first-order chi connectivity index (χ1) is 10.2. The third-order valence-corrected chi connectivity index (χ3v) is 3.46. The van der Waals surface area contributed by atoms with Crippen molar-refractivity contribution >= 4 is 28.1 Å². The Labute approximate surface area is 128 Å². The quantitative estimate of drug-likeness (QED) is 0.749. The van der Waals surface area contributed by atoms with Crippen LogP contribution in [0.4, 0.5) is 0 Å². The molecule has 2 N–H and O–H groups in total. The van der Waals surface area contributed by atoms with E-state index in [4.69, 9.17) is 22.7 Å². The third-order valence-electron chi connectivity index (χ3n) is 3.22. The van der Waals surface area contributed by atoms with E-state index in [0.717, 1.165) is 27.8 Å². The number of aromatic nitrogens is 1. The number of hydrogen-bond acceptors (Lipinski definition) is 3. The Morgan fingerprint density at radius 2 is 1.90 bits per heavy atom. The maximum atomic E-state index is 5.80. The average Bonchev–Trinajstić information content (AvgIpc) is 2.53. The van der Waals surface area contributed by atoms with E-state index < -0.39 is 0 Å². The monoisotopic (exact) mass is 294 g/mol. The molecule has 3 rings (SSSR count). The van der Waals surface area contributed by atoms with Gasteiger partial charge in [0.2, 0.25) is 0 Å². The molecule has 1 heterocycles. The van der Waals surface area contributed by atoms with E-state index in [9.17, 15) is 0 Å². The van der Waals surface area contributed by atoms with Gasteiger partial charge < -0.3 is 10.5 Å². The second-order valence-corrected chi connectivity index (χ2v) is 5.15. The van der Waals surface area contributed by atoms with Crippen LogP contribution in [0.1, 0.15) is 11.1 Å². The van der Waals surface area contributed by atoms with E-state index in [1.54, 1.807) is 6.20 Å². The molecule has 0 aliphatic carbocycles. The van der Waals surface area contributed by atoms with E-state index in [-0.39, 0.29) is 0 Å². The second kappa shape index (κ2) is 5.89. The Bertz CT molecular complexity index is 784. The molecule has 0 atom stereocenters. The molecule has 0 radical (unpaired) electrons. The standard InChI is InChI=1S/C17H14N2OS/c18-17(21)14-5-3-12(4-6-14)11-20-15-8-7-13-2-1-9-19-16(13)10-15/h1-10H,11H2,(H2,18,21). The van der Waals surface area contributed by atoms with E-state index in [1.165, 1.54) is 0 Å². The van der Waals surface area contributed by atoms with Crippen molar-refractivity contribution in [2.24, 2.45) is 5.73 Å². The van der Waals surface area contributed by atoms with Crippen molar-refractivity contribution in [3.63, 3.8) is 0 Å². The molecule has 0 fully saturated rings. The lowest BCUT2D eigenvalue weighted by molar-refractivity contribution is 0.306. The van der Waals surface area contributed by atoms with Crippen molar-refractivity contribution in [2.75, 3.05) is 0 Å². The van der Waals surface area contributed by atoms with Crippen molar-refractivity contribution in [2.45, 2.75) is 6.61 Å². The van der Waals surface area contributed by atoms with Gasteiger partial charge in [0.25, 0.3) is 0 Å². The van der Waals surface area contributed by atoms with Crippen molar-refractivity contribution in [3.8, 4) is 5.75 Å². The molecule has 21 heavy (non-hydrogen) atoms. The Hall–Kier alpha value is -2.46. The number of nitrogens with two attached hydrogens (primary N) is 1. The molecule has 4 heteroatoms.